The van der Waals surface area contributed by atoms with E-state index in [0.29, 0.717) is 0 Å². The minimum atomic E-state index is -0.0819. The summed E-state index contributed by atoms with van der Waals surface area (Å²) < 4.78 is 2.81. The van der Waals surface area contributed by atoms with E-state index in [1.165, 1.54) is 17.3 Å². The molecule has 0 atom stereocenters. The van der Waals surface area contributed by atoms with Gasteiger partial charge < -0.3 is 9.88 Å². The molecule has 158 valence electrons. The zero-order valence-electron chi connectivity index (χ0n) is 16.9. The molecule has 1 N–H and O–H groups in total. The number of benzene rings is 2. The molecule has 0 saturated heterocycles. The van der Waals surface area contributed by atoms with E-state index >= 15 is 0 Å². The van der Waals surface area contributed by atoms with Gasteiger partial charge in [0.15, 0.2) is 5.16 Å². The second-order valence-corrected chi connectivity index (χ2v) is 9.98. The monoisotopic (exact) mass is 524 g/mol. The first-order valence-corrected chi connectivity index (χ1v) is 12.5. The Kier molecular flexibility index (Phi) is 8.27. The first kappa shape index (κ1) is 23.2. The van der Waals surface area contributed by atoms with Gasteiger partial charge in [-0.15, -0.1) is 22.0 Å². The Morgan fingerprint density at radius 2 is 1.90 bits per heavy atom. The first-order valence-electron chi connectivity index (χ1n) is 9.24. The summed E-state index contributed by atoms with van der Waals surface area (Å²) in [6.45, 7) is 4.07. The summed E-state index contributed by atoms with van der Waals surface area (Å²) in [6, 6.07) is 11.8. The molecule has 3 aromatic rings. The third kappa shape index (κ3) is 6.03. The molecule has 1 aromatic heterocycles. The summed E-state index contributed by atoms with van der Waals surface area (Å²) in [4.78, 5) is 12.4. The standard InChI is InChI=1S/C21H22BrClN4OS2/c1-13-8-16(22)18(9-14(13)2)24-20(28)12-30-21-26-25-19(27(21)3)11-29-10-15-6-4-5-7-17(15)23/h4-9H,10-12H2,1-3H3,(H,24,28). The Labute approximate surface area is 198 Å². The molecule has 0 bridgehead atoms. The molecule has 3 rings (SSSR count). The average molecular weight is 526 g/mol. The fourth-order valence-electron chi connectivity index (χ4n) is 2.66. The van der Waals surface area contributed by atoms with Gasteiger partial charge in [-0.3, -0.25) is 4.79 Å². The van der Waals surface area contributed by atoms with Crippen LogP contribution in [-0.2, 0) is 23.3 Å². The van der Waals surface area contributed by atoms with Crippen molar-refractivity contribution >= 4 is 62.6 Å². The van der Waals surface area contributed by atoms with Gasteiger partial charge in [0.25, 0.3) is 0 Å². The zero-order chi connectivity index (χ0) is 21.7. The van der Waals surface area contributed by atoms with Gasteiger partial charge in [-0.25, -0.2) is 0 Å². The lowest BCUT2D eigenvalue weighted by Gasteiger charge is -2.10. The van der Waals surface area contributed by atoms with Crippen molar-refractivity contribution in [2.45, 2.75) is 30.5 Å². The van der Waals surface area contributed by atoms with E-state index in [9.17, 15) is 4.79 Å². The smallest absolute Gasteiger partial charge is 0.234 e. The zero-order valence-corrected chi connectivity index (χ0v) is 20.9. The quantitative estimate of drug-likeness (QED) is 0.365. The summed E-state index contributed by atoms with van der Waals surface area (Å²) >= 11 is 12.8. The van der Waals surface area contributed by atoms with Gasteiger partial charge in [0, 0.05) is 22.3 Å². The Morgan fingerprint density at radius 1 is 1.17 bits per heavy atom. The number of amides is 1. The number of aromatic nitrogens is 3. The van der Waals surface area contributed by atoms with Gasteiger partial charge in [-0.2, -0.15) is 0 Å². The van der Waals surface area contributed by atoms with Crippen LogP contribution in [0.2, 0.25) is 5.02 Å². The van der Waals surface area contributed by atoms with E-state index < -0.39 is 0 Å². The topological polar surface area (TPSA) is 59.8 Å². The average Bonchev–Trinajstić information content (AvgIpc) is 3.06. The van der Waals surface area contributed by atoms with Gasteiger partial charge in [-0.1, -0.05) is 41.6 Å². The highest BCUT2D eigenvalue weighted by Gasteiger charge is 2.13. The SMILES string of the molecule is Cc1cc(Br)c(NC(=O)CSc2nnc(CSCc3ccccc3Cl)n2C)cc1C. The van der Waals surface area contributed by atoms with Crippen LogP contribution < -0.4 is 5.32 Å². The van der Waals surface area contributed by atoms with Gasteiger partial charge in [0.2, 0.25) is 5.91 Å². The van der Waals surface area contributed by atoms with Crippen LogP contribution in [0.5, 0.6) is 0 Å². The van der Waals surface area contributed by atoms with Crippen LogP contribution in [0.15, 0.2) is 46.0 Å². The molecule has 0 aliphatic heterocycles. The van der Waals surface area contributed by atoms with E-state index in [4.69, 9.17) is 11.6 Å². The van der Waals surface area contributed by atoms with E-state index in [2.05, 4.69) is 31.4 Å². The number of rotatable bonds is 8. The number of halogens is 2. The highest BCUT2D eigenvalue weighted by molar-refractivity contribution is 9.10. The second-order valence-electron chi connectivity index (χ2n) is 6.80. The molecule has 0 aliphatic carbocycles. The summed E-state index contributed by atoms with van der Waals surface area (Å²) in [5.41, 5.74) is 4.19. The maximum absolute atomic E-state index is 12.4. The summed E-state index contributed by atoms with van der Waals surface area (Å²) in [6.07, 6.45) is 0. The molecule has 30 heavy (non-hydrogen) atoms. The van der Waals surface area contributed by atoms with Gasteiger partial charge in [-0.05, 0) is 64.7 Å². The van der Waals surface area contributed by atoms with Gasteiger partial charge in [0.05, 0.1) is 17.2 Å². The lowest BCUT2D eigenvalue weighted by molar-refractivity contribution is -0.113. The number of hydrogen-bond donors (Lipinski definition) is 1. The van der Waals surface area contributed by atoms with E-state index in [0.717, 1.165) is 48.8 Å². The number of hydrogen-bond acceptors (Lipinski definition) is 5. The summed E-state index contributed by atoms with van der Waals surface area (Å²) in [7, 11) is 1.92. The van der Waals surface area contributed by atoms with Crippen molar-refractivity contribution in [2.24, 2.45) is 7.05 Å². The molecule has 9 heteroatoms. The number of thioether (sulfide) groups is 2. The lowest BCUT2D eigenvalue weighted by atomic mass is 10.1. The largest absolute Gasteiger partial charge is 0.324 e. The Hall–Kier alpha value is -1.48. The Bertz CT molecular complexity index is 1060. The van der Waals surface area contributed by atoms with Crippen LogP contribution in [-0.4, -0.2) is 26.4 Å². The van der Waals surface area contributed by atoms with Crippen LogP contribution in [0.3, 0.4) is 0 Å². The predicted octanol–water partition coefficient (Wildman–Crippen LogP) is 6.01. The van der Waals surface area contributed by atoms with Crippen molar-refractivity contribution in [3.8, 4) is 0 Å². The number of anilines is 1. The van der Waals surface area contributed by atoms with E-state index in [1.54, 1.807) is 11.8 Å². The molecule has 0 aliphatic rings. The maximum Gasteiger partial charge on any atom is 0.234 e. The minimum absolute atomic E-state index is 0.0819. The Balaban J connectivity index is 1.52. The van der Waals surface area contributed by atoms with Crippen LogP contribution in [0.1, 0.15) is 22.5 Å². The second kappa shape index (κ2) is 10.7. The van der Waals surface area contributed by atoms with Crippen LogP contribution in [0, 0.1) is 13.8 Å². The Morgan fingerprint density at radius 3 is 2.67 bits per heavy atom. The third-order valence-corrected chi connectivity index (χ3v) is 7.58. The van der Waals surface area contributed by atoms with Crippen LogP contribution in [0.4, 0.5) is 5.69 Å². The normalized spacial score (nSPS) is 11.0. The number of carbonyl (C=O) groups is 1. The van der Waals surface area contributed by atoms with Gasteiger partial charge >= 0.3 is 0 Å². The highest BCUT2D eigenvalue weighted by Crippen LogP contribution is 2.27. The van der Waals surface area contributed by atoms with Crippen molar-refractivity contribution in [2.75, 3.05) is 11.1 Å². The van der Waals surface area contributed by atoms with E-state index in [-0.39, 0.29) is 11.7 Å². The molecule has 0 saturated carbocycles. The number of nitrogens with zero attached hydrogens (tertiary/aromatic N) is 3. The van der Waals surface area contributed by atoms with E-state index in [1.807, 2.05) is 61.9 Å². The predicted molar refractivity (Wildman–Crippen MR) is 130 cm³/mol. The highest BCUT2D eigenvalue weighted by atomic mass is 79.9. The molecule has 0 fully saturated rings. The molecule has 2 aromatic carbocycles. The molecule has 1 heterocycles. The van der Waals surface area contributed by atoms with Crippen molar-refractivity contribution in [3.05, 3.63) is 68.4 Å². The van der Waals surface area contributed by atoms with Crippen molar-refractivity contribution < 1.29 is 4.79 Å². The maximum atomic E-state index is 12.4. The first-order chi connectivity index (χ1) is 14.3. The lowest BCUT2D eigenvalue weighted by Crippen LogP contribution is -2.15. The van der Waals surface area contributed by atoms with Crippen molar-refractivity contribution in [3.63, 3.8) is 0 Å². The minimum Gasteiger partial charge on any atom is -0.324 e. The molecule has 0 unspecified atom stereocenters. The molecule has 0 spiro atoms. The van der Waals surface area contributed by atoms with Gasteiger partial charge in [0.1, 0.15) is 5.82 Å². The fourth-order valence-corrected chi connectivity index (χ4v) is 5.23. The molecular formula is C21H22BrClN4OS2. The van der Waals surface area contributed by atoms with Crippen molar-refractivity contribution in [1.82, 2.24) is 14.8 Å². The molecule has 1 amide bonds. The fraction of sp³-hybridized carbons (Fsp3) is 0.286. The van der Waals surface area contributed by atoms with Crippen LogP contribution >= 0.6 is 51.1 Å². The summed E-state index contributed by atoms with van der Waals surface area (Å²) in [5, 5.41) is 12.9. The third-order valence-electron chi connectivity index (χ3n) is 4.56. The molecule has 0 radical (unpaired) electrons. The molecular weight excluding hydrogens is 504 g/mol. The number of aryl methyl sites for hydroxylation is 2. The number of nitrogens with one attached hydrogen (secondary N) is 1. The summed E-state index contributed by atoms with van der Waals surface area (Å²) in [5.74, 6) is 2.57. The van der Waals surface area contributed by atoms with Crippen molar-refractivity contribution in [1.29, 1.82) is 0 Å². The number of carbonyl (C=O) groups excluding carboxylic acids is 1. The van der Waals surface area contributed by atoms with Crippen LogP contribution in [0.25, 0.3) is 0 Å². The molecule has 5 nitrogen and oxygen atoms in total.